The molecule has 0 spiro atoms. The van der Waals surface area contributed by atoms with Crippen LogP contribution in [0, 0.1) is 0 Å². The van der Waals surface area contributed by atoms with Crippen molar-refractivity contribution in [1.82, 2.24) is 9.88 Å². The highest BCUT2D eigenvalue weighted by atomic mass is 19.4. The Morgan fingerprint density at radius 2 is 1.62 bits per heavy atom. The molecule has 0 amide bonds. The third kappa shape index (κ3) is 3.86. The average molecular weight is 330 g/mol. The molecule has 0 atom stereocenters. The van der Waals surface area contributed by atoms with Gasteiger partial charge in [0.2, 0.25) is 0 Å². The van der Waals surface area contributed by atoms with Crippen LogP contribution in [-0.4, -0.2) is 4.57 Å². The second-order valence-corrected chi connectivity index (χ2v) is 5.51. The van der Waals surface area contributed by atoms with Crippen LogP contribution in [-0.2, 0) is 19.3 Å². The average Bonchev–Trinajstić information content (AvgIpc) is 3.04. The van der Waals surface area contributed by atoms with E-state index in [-0.39, 0.29) is 0 Å². The molecular formula is C19H17F3N2. The Kier molecular flexibility index (Phi) is 4.71. The summed E-state index contributed by atoms with van der Waals surface area (Å²) in [5, 5.41) is 3.32. The molecule has 0 aliphatic rings. The lowest BCUT2D eigenvalue weighted by Crippen LogP contribution is -2.15. The van der Waals surface area contributed by atoms with Crippen LogP contribution < -0.4 is 5.32 Å². The van der Waals surface area contributed by atoms with E-state index in [1.807, 2.05) is 42.5 Å². The lowest BCUT2D eigenvalue weighted by atomic mass is 10.2. The van der Waals surface area contributed by atoms with E-state index in [0.717, 1.165) is 17.3 Å². The fourth-order valence-electron chi connectivity index (χ4n) is 2.58. The number of aromatic nitrogens is 1. The molecule has 24 heavy (non-hydrogen) atoms. The molecule has 0 fully saturated rings. The van der Waals surface area contributed by atoms with Gasteiger partial charge in [0.15, 0.2) is 0 Å². The van der Waals surface area contributed by atoms with Gasteiger partial charge < -0.3 is 9.88 Å². The van der Waals surface area contributed by atoms with Gasteiger partial charge in [0.05, 0.1) is 5.56 Å². The number of hydrogen-bond donors (Lipinski definition) is 1. The summed E-state index contributed by atoms with van der Waals surface area (Å²) in [6.45, 7) is 1.27. The SMILES string of the molecule is FC(F)(F)c1cccc(-n2cccc2CNCc2ccccc2)c1. The molecule has 3 rings (SSSR count). The second-order valence-electron chi connectivity index (χ2n) is 5.51. The predicted molar refractivity (Wildman–Crippen MR) is 87.8 cm³/mol. The van der Waals surface area contributed by atoms with Crippen molar-refractivity contribution < 1.29 is 13.2 Å². The molecular weight excluding hydrogens is 313 g/mol. The Balaban J connectivity index is 1.73. The highest BCUT2D eigenvalue weighted by molar-refractivity contribution is 5.39. The molecule has 1 aromatic heterocycles. The third-order valence-corrected chi connectivity index (χ3v) is 3.76. The number of nitrogens with one attached hydrogen (secondary N) is 1. The van der Waals surface area contributed by atoms with E-state index in [2.05, 4.69) is 5.32 Å². The molecule has 5 heteroatoms. The van der Waals surface area contributed by atoms with Crippen LogP contribution in [0.15, 0.2) is 72.9 Å². The number of hydrogen-bond acceptors (Lipinski definition) is 1. The van der Waals surface area contributed by atoms with Crippen molar-refractivity contribution >= 4 is 0 Å². The highest BCUT2D eigenvalue weighted by Crippen LogP contribution is 2.30. The number of benzene rings is 2. The maximum absolute atomic E-state index is 12.9. The summed E-state index contributed by atoms with van der Waals surface area (Å²) in [7, 11) is 0. The van der Waals surface area contributed by atoms with Crippen LogP contribution in [0.2, 0.25) is 0 Å². The lowest BCUT2D eigenvalue weighted by Gasteiger charge is -2.13. The second kappa shape index (κ2) is 6.93. The van der Waals surface area contributed by atoms with Crippen LogP contribution in [0.1, 0.15) is 16.8 Å². The maximum atomic E-state index is 12.9. The summed E-state index contributed by atoms with van der Waals surface area (Å²) in [4.78, 5) is 0. The first-order chi connectivity index (χ1) is 11.5. The summed E-state index contributed by atoms with van der Waals surface area (Å²) < 4.78 is 40.4. The van der Waals surface area contributed by atoms with Crippen molar-refractivity contribution in [3.63, 3.8) is 0 Å². The molecule has 0 aliphatic heterocycles. The van der Waals surface area contributed by atoms with Crippen molar-refractivity contribution in [2.75, 3.05) is 0 Å². The predicted octanol–water partition coefficient (Wildman–Crippen LogP) is 4.79. The van der Waals surface area contributed by atoms with Crippen molar-refractivity contribution in [3.05, 3.63) is 89.7 Å². The molecule has 0 saturated heterocycles. The lowest BCUT2D eigenvalue weighted by molar-refractivity contribution is -0.137. The van der Waals surface area contributed by atoms with E-state index in [9.17, 15) is 13.2 Å². The minimum atomic E-state index is -4.34. The summed E-state index contributed by atoms with van der Waals surface area (Å²) in [5.41, 5.74) is 1.93. The summed E-state index contributed by atoms with van der Waals surface area (Å²) >= 11 is 0. The molecule has 1 heterocycles. The third-order valence-electron chi connectivity index (χ3n) is 3.76. The number of alkyl halides is 3. The first-order valence-electron chi connectivity index (χ1n) is 7.62. The molecule has 0 bridgehead atoms. The zero-order valence-electron chi connectivity index (χ0n) is 12.9. The zero-order chi connectivity index (χ0) is 17.0. The molecule has 2 aromatic carbocycles. The fourth-order valence-corrected chi connectivity index (χ4v) is 2.58. The van der Waals surface area contributed by atoms with Gasteiger partial charge in [0.25, 0.3) is 0 Å². The normalized spacial score (nSPS) is 11.6. The fraction of sp³-hybridized carbons (Fsp3) is 0.158. The largest absolute Gasteiger partial charge is 0.416 e. The molecule has 2 nitrogen and oxygen atoms in total. The molecule has 124 valence electrons. The van der Waals surface area contributed by atoms with Crippen molar-refractivity contribution in [3.8, 4) is 5.69 Å². The number of nitrogens with zero attached hydrogens (tertiary/aromatic N) is 1. The van der Waals surface area contributed by atoms with E-state index >= 15 is 0 Å². The first kappa shape index (κ1) is 16.3. The molecule has 0 saturated carbocycles. The Hall–Kier alpha value is -2.53. The van der Waals surface area contributed by atoms with E-state index in [1.165, 1.54) is 12.1 Å². The van der Waals surface area contributed by atoms with Gasteiger partial charge in [-0.3, -0.25) is 0 Å². The van der Waals surface area contributed by atoms with Crippen LogP contribution in [0.3, 0.4) is 0 Å². The molecule has 0 unspecified atom stereocenters. The standard InChI is InChI=1S/C19H17F3N2/c20-19(21,22)16-8-4-9-17(12-16)24-11-5-10-18(24)14-23-13-15-6-2-1-3-7-15/h1-12,23H,13-14H2. The van der Waals surface area contributed by atoms with Gasteiger partial charge in [-0.25, -0.2) is 0 Å². The van der Waals surface area contributed by atoms with Gasteiger partial charge in [0.1, 0.15) is 0 Å². The number of halogens is 3. The molecule has 3 aromatic rings. The van der Waals surface area contributed by atoms with Gasteiger partial charge >= 0.3 is 6.18 Å². The highest BCUT2D eigenvalue weighted by Gasteiger charge is 2.30. The van der Waals surface area contributed by atoms with Crippen molar-refractivity contribution in [2.24, 2.45) is 0 Å². The summed E-state index contributed by atoms with van der Waals surface area (Å²) in [6.07, 6.45) is -2.57. The van der Waals surface area contributed by atoms with Gasteiger partial charge in [0, 0.05) is 30.7 Å². The van der Waals surface area contributed by atoms with Crippen molar-refractivity contribution in [1.29, 1.82) is 0 Å². The maximum Gasteiger partial charge on any atom is 0.416 e. The van der Waals surface area contributed by atoms with E-state index in [1.54, 1.807) is 16.8 Å². The number of rotatable bonds is 5. The molecule has 0 aliphatic carbocycles. The topological polar surface area (TPSA) is 17.0 Å². The molecule has 1 N–H and O–H groups in total. The zero-order valence-corrected chi connectivity index (χ0v) is 12.9. The van der Waals surface area contributed by atoms with Crippen LogP contribution in [0.25, 0.3) is 5.69 Å². The van der Waals surface area contributed by atoms with Crippen LogP contribution >= 0.6 is 0 Å². The smallest absolute Gasteiger partial charge is 0.320 e. The minimum Gasteiger partial charge on any atom is -0.320 e. The van der Waals surface area contributed by atoms with Gasteiger partial charge in [-0.1, -0.05) is 36.4 Å². The van der Waals surface area contributed by atoms with E-state index in [0.29, 0.717) is 18.8 Å². The van der Waals surface area contributed by atoms with Gasteiger partial charge in [-0.2, -0.15) is 13.2 Å². The monoisotopic (exact) mass is 330 g/mol. The summed E-state index contributed by atoms with van der Waals surface area (Å²) in [5.74, 6) is 0. The Labute approximate surface area is 138 Å². The van der Waals surface area contributed by atoms with E-state index in [4.69, 9.17) is 0 Å². The van der Waals surface area contributed by atoms with Crippen LogP contribution in [0.5, 0.6) is 0 Å². The van der Waals surface area contributed by atoms with Crippen molar-refractivity contribution in [2.45, 2.75) is 19.3 Å². The minimum absolute atomic E-state index is 0.506. The Bertz CT molecular complexity index is 792. The van der Waals surface area contributed by atoms with Crippen LogP contribution in [0.4, 0.5) is 13.2 Å². The first-order valence-corrected chi connectivity index (χ1v) is 7.62. The Morgan fingerprint density at radius 1 is 0.833 bits per heavy atom. The van der Waals surface area contributed by atoms with Gasteiger partial charge in [-0.15, -0.1) is 0 Å². The quantitative estimate of drug-likeness (QED) is 0.712. The Morgan fingerprint density at radius 3 is 2.38 bits per heavy atom. The van der Waals surface area contributed by atoms with E-state index < -0.39 is 11.7 Å². The summed E-state index contributed by atoms with van der Waals surface area (Å²) in [6, 6.07) is 19.1. The molecule has 0 radical (unpaired) electrons. The van der Waals surface area contributed by atoms with Gasteiger partial charge in [-0.05, 0) is 35.9 Å².